The number of hydrogen-bond acceptors (Lipinski definition) is 0. The van der Waals surface area contributed by atoms with Crippen molar-refractivity contribution in [2.24, 2.45) is 46.8 Å². The van der Waals surface area contributed by atoms with Gasteiger partial charge in [-0.15, -0.1) is 0 Å². The van der Waals surface area contributed by atoms with E-state index in [-0.39, 0.29) is 0 Å². The van der Waals surface area contributed by atoms with Gasteiger partial charge in [0.25, 0.3) is 0 Å². The van der Waals surface area contributed by atoms with Crippen molar-refractivity contribution in [1.82, 2.24) is 0 Å². The second-order valence-corrected chi connectivity index (χ2v) is 42.7. The quantitative estimate of drug-likeness (QED) is 0.135. The molecule has 0 N–H and O–H groups in total. The zero-order valence-electron chi connectivity index (χ0n) is 81.2. The molecular formula is C135H136. The Balaban J connectivity index is 0.0000000961. The monoisotopic (exact) mass is 1760 g/mol. The van der Waals surface area contributed by atoms with Crippen molar-refractivity contribution < 1.29 is 0 Å². The van der Waals surface area contributed by atoms with E-state index >= 15 is 0 Å². The zero-order chi connectivity index (χ0) is 92.0. The van der Waals surface area contributed by atoms with Gasteiger partial charge in [-0.2, -0.15) is 0 Å². The summed E-state index contributed by atoms with van der Waals surface area (Å²) in [5.41, 5.74) is 44.1. The predicted molar refractivity (Wildman–Crippen MR) is 575 cm³/mol. The Morgan fingerprint density at radius 1 is 0.311 bits per heavy atom. The van der Waals surface area contributed by atoms with Crippen molar-refractivity contribution in [3.8, 4) is 55.6 Å². The lowest BCUT2D eigenvalue weighted by atomic mass is 9.49. The number of aryl methyl sites for hydroxylation is 1. The molecule has 0 saturated heterocycles. The molecule has 3 atom stereocenters. The summed E-state index contributed by atoms with van der Waals surface area (Å²) >= 11 is 0. The summed E-state index contributed by atoms with van der Waals surface area (Å²) in [4.78, 5) is 0. The molecular weight excluding hydrogens is 1620 g/mol. The maximum atomic E-state index is 2.53. The molecule has 0 spiro atoms. The Hall–Kier alpha value is -12.5. The van der Waals surface area contributed by atoms with Crippen molar-refractivity contribution in [3.05, 3.63) is 494 Å². The van der Waals surface area contributed by atoms with Gasteiger partial charge in [-0.1, -0.05) is 488 Å². The van der Waals surface area contributed by atoms with Gasteiger partial charge in [0.2, 0.25) is 0 Å². The van der Waals surface area contributed by atoms with Crippen LogP contribution in [0.1, 0.15) is 292 Å². The minimum Gasteiger partial charge on any atom is -0.0767 e. The molecule has 0 heterocycles. The summed E-state index contributed by atoms with van der Waals surface area (Å²) in [7, 11) is 0. The first-order valence-corrected chi connectivity index (χ1v) is 51.5. The molecule has 3 unspecified atom stereocenters. The minimum absolute atomic E-state index is 0.356. The maximum absolute atomic E-state index is 2.53. The molecule has 0 amide bonds. The van der Waals surface area contributed by atoms with Crippen molar-refractivity contribution >= 4 is 17.7 Å². The number of allylic oxidation sites excluding steroid dienone is 3. The highest BCUT2D eigenvalue weighted by Crippen LogP contribution is 2.62. The van der Waals surface area contributed by atoms with Gasteiger partial charge in [-0.3, -0.25) is 0 Å². The van der Waals surface area contributed by atoms with Gasteiger partial charge in [-0.25, -0.2) is 0 Å². The Morgan fingerprint density at radius 3 is 1.13 bits per heavy atom. The molecule has 13 aliphatic carbocycles. The highest BCUT2D eigenvalue weighted by Gasteiger charge is 2.51. The van der Waals surface area contributed by atoms with Crippen LogP contribution in [0.4, 0.5) is 0 Å². The molecule has 0 aliphatic heterocycles. The van der Waals surface area contributed by atoms with Gasteiger partial charge in [0.1, 0.15) is 0 Å². The molecule has 0 aromatic heterocycles. The standard InChI is InChI=1S/C20H22.C20H16.C19H22.C18H20.C17H18.C16H14.C14H12.C11H12/c2*1-2-8-15(9-3-1)14-20-18-12-6-4-10-16(18)17-11-5-7-13-19(17)20;1-2-4-17-14(3-1)5-6-18(17)19-15-8-12-7-13(10-15)11-16(19)9-12;1-18(2,3)12-17-15-10-6-4-8-13(15)14-9-5-7-11-16(14)17;1-12(2)11-17-15-9-5-3-7-13(15)14-8-4-6-10-16(14)17;1-12-11-16(13-7-3-2-4-8-13)15-10-6-5-9-14(12)15;1-10-11-6-2-4-8-13(11)14-9-5-3-7-12(10)14;1-8-4-3-5-10-9(2)6-7-11(8)10/h4-7,10-13,15,20H,1-3,8-9,14H2;1-13,20H,14H2;1-6,12-13,15-16,18-19H,7-11H2;4-11,17H,12H2,1-3H3;3-10,12,17H,11H2,1-2H3;2-12H,1H3;2-10H,1H3;3-7,9H,1-2H3. The van der Waals surface area contributed by atoms with Gasteiger partial charge in [0.05, 0.1) is 0 Å². The largest absolute Gasteiger partial charge is 0.0767 e. The van der Waals surface area contributed by atoms with Gasteiger partial charge in [-0.05, 0) is 284 Å². The lowest BCUT2D eigenvalue weighted by molar-refractivity contribution is -0.0417. The number of hydrogen-bond donors (Lipinski definition) is 0. The topological polar surface area (TPSA) is 0 Å². The minimum atomic E-state index is 0.356. The SMILES string of the molecule is C1=CC(C2C3CC4CC(C3)CC2C4)c2ccccc21.CC(C)(C)CC1c2ccccc2-c2ccccc21.CC(C)CC1c2ccccc2-c2ccccc21.CC1C=C(c2ccccc2)c2ccccc21.CC1c2ccccc2-c2ccccc21.Cc1cccc2c1C=CC2C.c1ccc(CC2c3ccccc3-c3ccccc32)cc1.c1ccc2c(c1)-c1ccccc1C2CC1CCCCC1. The summed E-state index contributed by atoms with van der Waals surface area (Å²) in [5, 5.41) is 0. The summed E-state index contributed by atoms with van der Waals surface area (Å²) in [6, 6.07) is 134. The summed E-state index contributed by atoms with van der Waals surface area (Å²) in [5.74, 6) is 11.7. The third-order valence-electron chi connectivity index (χ3n) is 32.3. The van der Waals surface area contributed by atoms with Crippen LogP contribution >= 0.6 is 0 Å². The molecule has 135 heavy (non-hydrogen) atoms. The number of benzene rings is 15. The third-order valence-corrected chi connectivity index (χ3v) is 32.3. The van der Waals surface area contributed by atoms with Crippen molar-refractivity contribution in [1.29, 1.82) is 0 Å². The molecule has 5 fully saturated rings. The molecule has 5 saturated carbocycles. The van der Waals surface area contributed by atoms with E-state index in [2.05, 4.69) is 463 Å². The summed E-state index contributed by atoms with van der Waals surface area (Å²) in [6.45, 7) is 20.6. The van der Waals surface area contributed by atoms with Gasteiger partial charge in [0, 0.05) is 41.4 Å². The van der Waals surface area contributed by atoms with E-state index in [4.69, 9.17) is 0 Å². The van der Waals surface area contributed by atoms with Crippen molar-refractivity contribution in [2.45, 2.75) is 200 Å². The van der Waals surface area contributed by atoms with E-state index < -0.39 is 0 Å². The molecule has 4 bridgehead atoms. The van der Waals surface area contributed by atoms with Gasteiger partial charge < -0.3 is 0 Å². The molecule has 13 aliphatic rings. The third kappa shape index (κ3) is 19.2. The van der Waals surface area contributed by atoms with E-state index in [1.54, 1.807) is 48.8 Å². The van der Waals surface area contributed by atoms with Crippen LogP contribution in [0.25, 0.3) is 73.4 Å². The molecule has 676 valence electrons. The average molecular weight is 1760 g/mol. The van der Waals surface area contributed by atoms with Crippen LogP contribution < -0.4 is 0 Å². The lowest BCUT2D eigenvalue weighted by Crippen LogP contribution is -2.46. The van der Waals surface area contributed by atoms with Crippen LogP contribution in [0.3, 0.4) is 0 Å². The van der Waals surface area contributed by atoms with E-state index in [0.29, 0.717) is 46.8 Å². The summed E-state index contributed by atoms with van der Waals surface area (Å²) < 4.78 is 0. The fourth-order valence-corrected chi connectivity index (χ4v) is 26.4. The fraction of sp³-hybridized carbons (Fsp3) is 0.289. The van der Waals surface area contributed by atoms with Crippen LogP contribution in [0.2, 0.25) is 0 Å². The van der Waals surface area contributed by atoms with E-state index in [9.17, 15) is 0 Å². The average Bonchev–Trinajstić information content (AvgIpc) is 1.69. The van der Waals surface area contributed by atoms with E-state index in [1.165, 1.54) is 202 Å². The van der Waals surface area contributed by atoms with E-state index in [0.717, 1.165) is 53.8 Å². The highest BCUT2D eigenvalue weighted by atomic mass is 14.6. The molecule has 15 aromatic rings. The second kappa shape index (κ2) is 40.6. The van der Waals surface area contributed by atoms with Crippen LogP contribution in [0.5, 0.6) is 0 Å². The van der Waals surface area contributed by atoms with Gasteiger partial charge >= 0.3 is 0 Å². The van der Waals surface area contributed by atoms with Crippen LogP contribution in [-0.4, -0.2) is 0 Å². The van der Waals surface area contributed by atoms with Crippen LogP contribution in [-0.2, 0) is 6.42 Å². The Labute approximate surface area is 808 Å². The van der Waals surface area contributed by atoms with E-state index in [1.807, 2.05) is 0 Å². The molecule has 28 rings (SSSR count). The second-order valence-electron chi connectivity index (χ2n) is 42.7. The fourth-order valence-electron chi connectivity index (χ4n) is 26.4. The molecule has 0 nitrogen and oxygen atoms in total. The lowest BCUT2D eigenvalue weighted by Gasteiger charge is -2.56. The normalized spacial score (nSPS) is 20.0. The van der Waals surface area contributed by atoms with Crippen LogP contribution in [0.15, 0.2) is 388 Å². The molecule has 0 heteroatoms. The van der Waals surface area contributed by atoms with Crippen molar-refractivity contribution in [2.75, 3.05) is 0 Å². The number of rotatable bonds is 9. The Morgan fingerprint density at radius 2 is 0.681 bits per heavy atom. The Bertz CT molecular complexity index is 6480. The molecule has 0 radical (unpaired) electrons. The number of fused-ring (bicyclic) bond motifs is 18. The predicted octanol–water partition coefficient (Wildman–Crippen LogP) is 36.9. The first kappa shape index (κ1) is 90.3. The van der Waals surface area contributed by atoms with Crippen molar-refractivity contribution in [3.63, 3.8) is 0 Å². The summed E-state index contributed by atoms with van der Waals surface area (Å²) in [6.07, 6.45) is 31.6. The maximum Gasteiger partial charge on any atom is 0.0142 e. The highest BCUT2D eigenvalue weighted by molar-refractivity contribution is 5.87. The first-order chi connectivity index (χ1) is 66.1. The Kier molecular flexibility index (Phi) is 27.2. The van der Waals surface area contributed by atoms with Crippen LogP contribution in [0, 0.1) is 53.8 Å². The smallest absolute Gasteiger partial charge is 0.0142 e. The first-order valence-electron chi connectivity index (χ1n) is 51.5. The van der Waals surface area contributed by atoms with Gasteiger partial charge in [0.15, 0.2) is 0 Å². The zero-order valence-corrected chi connectivity index (χ0v) is 81.2. The molecule has 15 aromatic carbocycles.